The number of hydrogen-bond acceptors (Lipinski definition) is 3. The van der Waals surface area contributed by atoms with Gasteiger partial charge in [0.15, 0.2) is 0 Å². The summed E-state index contributed by atoms with van der Waals surface area (Å²) in [6.07, 6.45) is 4.65. The molecule has 0 atom stereocenters. The van der Waals surface area contributed by atoms with E-state index < -0.39 is 0 Å². The molecule has 0 aromatic carbocycles. The molecule has 0 unspecified atom stereocenters. The van der Waals surface area contributed by atoms with Crippen LogP contribution in [0.15, 0.2) is 21.7 Å². The topological polar surface area (TPSA) is 20.2 Å². The number of thioether (sulfide) groups is 1. The van der Waals surface area contributed by atoms with Crippen molar-refractivity contribution >= 4 is 23.1 Å². The molecule has 1 rings (SSSR count). The van der Waals surface area contributed by atoms with E-state index in [-0.39, 0.29) is 0 Å². The first kappa shape index (κ1) is 11.1. The van der Waals surface area contributed by atoms with E-state index in [1.54, 1.807) is 0 Å². The van der Waals surface area contributed by atoms with E-state index in [4.69, 9.17) is 5.11 Å². The third kappa shape index (κ3) is 5.34. The first-order valence-electron chi connectivity index (χ1n) is 4.70. The fourth-order valence-corrected chi connectivity index (χ4v) is 2.95. The molecule has 0 aliphatic heterocycles. The lowest BCUT2D eigenvalue weighted by Gasteiger charge is -1.98. The zero-order valence-electron chi connectivity index (χ0n) is 7.74. The Kier molecular flexibility index (Phi) is 6.33. The number of thiophene rings is 1. The number of unbranched alkanes of at least 4 members (excludes halogenated alkanes) is 3. The van der Waals surface area contributed by atoms with Crippen molar-refractivity contribution in [1.29, 1.82) is 0 Å². The third-order valence-corrected chi connectivity index (χ3v) is 4.01. The Labute approximate surface area is 88.2 Å². The van der Waals surface area contributed by atoms with Crippen molar-refractivity contribution in [2.45, 2.75) is 29.9 Å². The maximum absolute atomic E-state index is 8.57. The Hall–Kier alpha value is 0.01000. The summed E-state index contributed by atoms with van der Waals surface area (Å²) in [5, 5.41) is 10.7. The van der Waals surface area contributed by atoms with Gasteiger partial charge in [-0.1, -0.05) is 18.9 Å². The SMILES string of the molecule is OCCCCCCSc1cccs1. The lowest BCUT2D eigenvalue weighted by atomic mass is 10.2. The average molecular weight is 216 g/mol. The predicted molar refractivity (Wildman–Crippen MR) is 60.6 cm³/mol. The molecule has 0 spiro atoms. The highest BCUT2D eigenvalue weighted by Gasteiger charge is 1.94. The summed E-state index contributed by atoms with van der Waals surface area (Å²) in [5.74, 6) is 1.21. The summed E-state index contributed by atoms with van der Waals surface area (Å²) < 4.78 is 1.42. The number of aliphatic hydroxyl groups is 1. The van der Waals surface area contributed by atoms with Gasteiger partial charge >= 0.3 is 0 Å². The van der Waals surface area contributed by atoms with E-state index in [9.17, 15) is 0 Å². The van der Waals surface area contributed by atoms with Crippen LogP contribution in [0, 0.1) is 0 Å². The van der Waals surface area contributed by atoms with Crippen molar-refractivity contribution < 1.29 is 5.11 Å². The summed E-state index contributed by atoms with van der Waals surface area (Å²) in [6.45, 7) is 0.345. The smallest absolute Gasteiger partial charge is 0.0598 e. The van der Waals surface area contributed by atoms with E-state index in [2.05, 4.69) is 17.5 Å². The second kappa shape index (κ2) is 7.42. The van der Waals surface area contributed by atoms with Crippen LogP contribution in [0.1, 0.15) is 25.7 Å². The Morgan fingerprint density at radius 1 is 1.23 bits per heavy atom. The van der Waals surface area contributed by atoms with Crippen LogP contribution in [-0.4, -0.2) is 17.5 Å². The molecule has 0 saturated carbocycles. The lowest BCUT2D eigenvalue weighted by molar-refractivity contribution is 0.283. The quantitative estimate of drug-likeness (QED) is 0.557. The highest BCUT2D eigenvalue weighted by molar-refractivity contribution is 8.01. The number of aliphatic hydroxyl groups excluding tert-OH is 1. The van der Waals surface area contributed by atoms with E-state index >= 15 is 0 Å². The molecule has 1 N–H and O–H groups in total. The zero-order valence-corrected chi connectivity index (χ0v) is 9.37. The maximum atomic E-state index is 8.57. The van der Waals surface area contributed by atoms with Gasteiger partial charge in [0, 0.05) is 6.61 Å². The molecule has 1 nitrogen and oxygen atoms in total. The van der Waals surface area contributed by atoms with Crippen LogP contribution in [0.3, 0.4) is 0 Å². The summed E-state index contributed by atoms with van der Waals surface area (Å²) in [6, 6.07) is 4.27. The Balaban J connectivity index is 1.90. The minimum absolute atomic E-state index is 0.345. The normalized spacial score (nSPS) is 10.5. The van der Waals surface area contributed by atoms with Gasteiger partial charge in [-0.05, 0) is 30.0 Å². The Bertz CT molecular complexity index is 197. The average Bonchev–Trinajstić information content (AvgIpc) is 2.63. The molecule has 0 saturated heterocycles. The van der Waals surface area contributed by atoms with Crippen LogP contribution in [0.2, 0.25) is 0 Å². The number of rotatable bonds is 7. The van der Waals surface area contributed by atoms with Gasteiger partial charge in [0.25, 0.3) is 0 Å². The van der Waals surface area contributed by atoms with Crippen molar-refractivity contribution in [1.82, 2.24) is 0 Å². The maximum Gasteiger partial charge on any atom is 0.0598 e. The van der Waals surface area contributed by atoms with Crippen LogP contribution in [0.5, 0.6) is 0 Å². The van der Waals surface area contributed by atoms with E-state index in [1.165, 1.54) is 29.2 Å². The monoisotopic (exact) mass is 216 g/mol. The highest BCUT2D eigenvalue weighted by atomic mass is 32.2. The minimum atomic E-state index is 0.345. The third-order valence-electron chi connectivity index (χ3n) is 1.79. The largest absolute Gasteiger partial charge is 0.396 e. The van der Waals surface area contributed by atoms with Crippen LogP contribution in [-0.2, 0) is 0 Å². The highest BCUT2D eigenvalue weighted by Crippen LogP contribution is 2.24. The van der Waals surface area contributed by atoms with Gasteiger partial charge in [-0.2, -0.15) is 0 Å². The molecule has 1 aromatic heterocycles. The lowest BCUT2D eigenvalue weighted by Crippen LogP contribution is -1.84. The molecular formula is C10H16OS2. The van der Waals surface area contributed by atoms with Gasteiger partial charge in [0.2, 0.25) is 0 Å². The van der Waals surface area contributed by atoms with E-state index in [0.29, 0.717) is 6.61 Å². The first-order chi connectivity index (χ1) is 6.43. The van der Waals surface area contributed by atoms with Gasteiger partial charge in [-0.15, -0.1) is 23.1 Å². The number of hydrogen-bond donors (Lipinski definition) is 1. The molecule has 1 aromatic rings. The molecule has 0 aliphatic rings. The first-order valence-corrected chi connectivity index (χ1v) is 6.57. The van der Waals surface area contributed by atoms with Gasteiger partial charge in [-0.3, -0.25) is 0 Å². The van der Waals surface area contributed by atoms with Crippen molar-refractivity contribution in [3.8, 4) is 0 Å². The molecule has 3 heteroatoms. The van der Waals surface area contributed by atoms with Crippen LogP contribution >= 0.6 is 23.1 Å². The van der Waals surface area contributed by atoms with Crippen molar-refractivity contribution in [2.24, 2.45) is 0 Å². The van der Waals surface area contributed by atoms with Crippen molar-refractivity contribution in [2.75, 3.05) is 12.4 Å². The van der Waals surface area contributed by atoms with Crippen LogP contribution in [0.25, 0.3) is 0 Å². The van der Waals surface area contributed by atoms with Gasteiger partial charge in [0.1, 0.15) is 0 Å². The fraction of sp³-hybridized carbons (Fsp3) is 0.600. The molecular weight excluding hydrogens is 200 g/mol. The van der Waals surface area contributed by atoms with Crippen LogP contribution in [0.4, 0.5) is 0 Å². The van der Waals surface area contributed by atoms with E-state index in [1.807, 2.05) is 23.1 Å². The second-order valence-electron chi connectivity index (χ2n) is 2.92. The molecule has 0 amide bonds. The zero-order chi connectivity index (χ0) is 9.36. The molecule has 74 valence electrons. The van der Waals surface area contributed by atoms with Gasteiger partial charge in [0.05, 0.1) is 4.21 Å². The molecule has 0 radical (unpaired) electrons. The molecule has 1 heterocycles. The van der Waals surface area contributed by atoms with Gasteiger partial charge in [-0.25, -0.2) is 0 Å². The van der Waals surface area contributed by atoms with Gasteiger partial charge < -0.3 is 5.11 Å². The minimum Gasteiger partial charge on any atom is -0.396 e. The standard InChI is InChI=1S/C10H16OS2/c11-7-3-1-2-4-8-12-10-6-5-9-13-10/h5-6,9,11H,1-4,7-8H2. The Morgan fingerprint density at radius 3 is 2.77 bits per heavy atom. The van der Waals surface area contributed by atoms with Crippen LogP contribution < -0.4 is 0 Å². The summed E-state index contributed by atoms with van der Waals surface area (Å²) in [5.41, 5.74) is 0. The second-order valence-corrected chi connectivity index (χ2v) is 5.26. The summed E-state index contributed by atoms with van der Waals surface area (Å²) >= 11 is 3.76. The fourth-order valence-electron chi connectivity index (χ4n) is 1.09. The molecule has 0 bridgehead atoms. The summed E-state index contributed by atoms with van der Waals surface area (Å²) in [4.78, 5) is 0. The molecule has 0 fully saturated rings. The van der Waals surface area contributed by atoms with Crippen molar-refractivity contribution in [3.63, 3.8) is 0 Å². The predicted octanol–water partition coefficient (Wildman–Crippen LogP) is 3.39. The molecule has 13 heavy (non-hydrogen) atoms. The van der Waals surface area contributed by atoms with E-state index in [0.717, 1.165) is 6.42 Å². The van der Waals surface area contributed by atoms with Crippen molar-refractivity contribution in [3.05, 3.63) is 17.5 Å². The summed E-state index contributed by atoms with van der Waals surface area (Å²) in [7, 11) is 0. The Morgan fingerprint density at radius 2 is 2.08 bits per heavy atom. The molecule has 0 aliphatic carbocycles.